The van der Waals surface area contributed by atoms with E-state index < -0.39 is 18.0 Å². The van der Waals surface area contributed by atoms with E-state index in [4.69, 9.17) is 14.2 Å². The van der Waals surface area contributed by atoms with Gasteiger partial charge in [-0.2, -0.15) is 0 Å². The quantitative estimate of drug-likeness (QED) is 0.460. The van der Waals surface area contributed by atoms with Crippen molar-refractivity contribution >= 4 is 34.6 Å². The molecule has 0 aliphatic carbocycles. The van der Waals surface area contributed by atoms with Crippen LogP contribution in [-0.2, 0) is 16.1 Å². The Morgan fingerprint density at radius 2 is 1.90 bits per heavy atom. The summed E-state index contributed by atoms with van der Waals surface area (Å²) in [6, 6.07) is 12.4. The lowest BCUT2D eigenvalue weighted by molar-refractivity contribution is -0.136. The number of carbonyl (C=O) groups excluding carboxylic acids is 2. The van der Waals surface area contributed by atoms with Gasteiger partial charge in [-0.05, 0) is 52.8 Å². The zero-order chi connectivity index (χ0) is 21.0. The molecule has 2 aromatic carbocycles. The van der Waals surface area contributed by atoms with Crippen LogP contribution in [0.15, 0.2) is 53.7 Å². The van der Waals surface area contributed by atoms with Crippen LogP contribution in [0.25, 0.3) is 0 Å². The molecular formula is C21H21IN2O5. The van der Waals surface area contributed by atoms with Gasteiger partial charge in [0, 0.05) is 5.70 Å². The summed E-state index contributed by atoms with van der Waals surface area (Å²) in [5.74, 6) is 0.595. The number of hydrogen-bond donors (Lipinski definition) is 2. The van der Waals surface area contributed by atoms with E-state index in [0.29, 0.717) is 34.9 Å². The van der Waals surface area contributed by atoms with Crippen molar-refractivity contribution in [3.8, 4) is 11.5 Å². The SMILES string of the molecule is COC(=O)C1=C(C)NC(=O)NC1c1cc(I)c(OCc2ccccc2)c(OC)c1. The van der Waals surface area contributed by atoms with Gasteiger partial charge >= 0.3 is 12.0 Å². The molecule has 3 rings (SSSR count). The third-order valence-electron chi connectivity index (χ3n) is 4.49. The maximum Gasteiger partial charge on any atom is 0.337 e. The number of carbonyl (C=O) groups is 2. The number of ether oxygens (including phenoxy) is 3. The van der Waals surface area contributed by atoms with E-state index in [0.717, 1.165) is 9.13 Å². The molecule has 1 aliphatic heterocycles. The summed E-state index contributed by atoms with van der Waals surface area (Å²) < 4.78 is 17.2. The zero-order valence-electron chi connectivity index (χ0n) is 16.2. The molecule has 1 aliphatic rings. The summed E-state index contributed by atoms with van der Waals surface area (Å²) in [6.07, 6.45) is 0. The Balaban J connectivity index is 1.96. The summed E-state index contributed by atoms with van der Waals surface area (Å²) in [6.45, 7) is 2.06. The van der Waals surface area contributed by atoms with Crippen molar-refractivity contribution in [3.05, 3.63) is 68.4 Å². The molecule has 7 nitrogen and oxygen atoms in total. The second kappa shape index (κ2) is 9.17. The second-order valence-electron chi connectivity index (χ2n) is 6.37. The average molecular weight is 508 g/mol. The minimum absolute atomic E-state index is 0.336. The molecule has 0 aromatic heterocycles. The van der Waals surface area contributed by atoms with E-state index >= 15 is 0 Å². The van der Waals surface area contributed by atoms with E-state index in [1.54, 1.807) is 20.1 Å². The van der Waals surface area contributed by atoms with Gasteiger partial charge in [0.15, 0.2) is 11.5 Å². The van der Waals surface area contributed by atoms with Gasteiger partial charge in [-0.3, -0.25) is 0 Å². The number of halogens is 1. The van der Waals surface area contributed by atoms with Crippen molar-refractivity contribution in [3.63, 3.8) is 0 Å². The Morgan fingerprint density at radius 3 is 2.55 bits per heavy atom. The highest BCUT2D eigenvalue weighted by molar-refractivity contribution is 14.1. The van der Waals surface area contributed by atoms with Gasteiger partial charge in [-0.15, -0.1) is 0 Å². The fourth-order valence-corrected chi connectivity index (χ4v) is 3.88. The molecule has 2 amide bonds. The molecule has 152 valence electrons. The van der Waals surface area contributed by atoms with Gasteiger partial charge in [-0.25, -0.2) is 9.59 Å². The van der Waals surface area contributed by atoms with Crippen LogP contribution < -0.4 is 20.1 Å². The molecule has 29 heavy (non-hydrogen) atoms. The van der Waals surface area contributed by atoms with E-state index in [1.165, 1.54) is 7.11 Å². The number of urea groups is 1. The highest BCUT2D eigenvalue weighted by atomic mass is 127. The van der Waals surface area contributed by atoms with Gasteiger partial charge in [-0.1, -0.05) is 30.3 Å². The summed E-state index contributed by atoms with van der Waals surface area (Å²) in [5, 5.41) is 5.38. The topological polar surface area (TPSA) is 85.9 Å². The van der Waals surface area contributed by atoms with Crippen molar-refractivity contribution in [2.75, 3.05) is 14.2 Å². The number of esters is 1. The predicted octanol–water partition coefficient (Wildman–Crippen LogP) is 3.68. The third kappa shape index (κ3) is 4.64. The Kier molecular flexibility index (Phi) is 6.63. The molecule has 1 unspecified atom stereocenters. The summed E-state index contributed by atoms with van der Waals surface area (Å²) in [5.41, 5.74) is 2.51. The van der Waals surface area contributed by atoms with Crippen LogP contribution in [-0.4, -0.2) is 26.2 Å². The molecule has 0 saturated carbocycles. The second-order valence-corrected chi connectivity index (χ2v) is 7.53. The Hall–Kier alpha value is -2.75. The van der Waals surface area contributed by atoms with Crippen LogP contribution in [0.4, 0.5) is 4.79 Å². The molecule has 0 radical (unpaired) electrons. The van der Waals surface area contributed by atoms with Crippen molar-refractivity contribution < 1.29 is 23.8 Å². The first-order chi connectivity index (χ1) is 13.9. The normalized spacial score (nSPS) is 16.0. The first-order valence-electron chi connectivity index (χ1n) is 8.85. The minimum atomic E-state index is -0.665. The van der Waals surface area contributed by atoms with Crippen molar-refractivity contribution in [2.24, 2.45) is 0 Å². The average Bonchev–Trinajstić information content (AvgIpc) is 2.72. The number of methoxy groups -OCH3 is 2. The molecule has 0 saturated heterocycles. The predicted molar refractivity (Wildman–Crippen MR) is 116 cm³/mol. The first-order valence-corrected chi connectivity index (χ1v) is 9.93. The van der Waals surface area contributed by atoms with Crippen LogP contribution in [0, 0.1) is 3.57 Å². The summed E-state index contributed by atoms with van der Waals surface area (Å²) in [7, 11) is 2.86. The maximum absolute atomic E-state index is 12.3. The van der Waals surface area contributed by atoms with Gasteiger partial charge in [0.2, 0.25) is 0 Å². The van der Waals surface area contributed by atoms with Crippen molar-refractivity contribution in [1.29, 1.82) is 0 Å². The van der Waals surface area contributed by atoms with Gasteiger partial charge in [0.25, 0.3) is 0 Å². The first kappa shape index (κ1) is 21.0. The van der Waals surface area contributed by atoms with Crippen molar-refractivity contribution in [1.82, 2.24) is 10.6 Å². The molecule has 0 spiro atoms. The fourth-order valence-electron chi connectivity index (χ4n) is 3.10. The molecule has 2 aromatic rings. The summed E-state index contributed by atoms with van der Waals surface area (Å²) in [4.78, 5) is 24.3. The smallest absolute Gasteiger partial charge is 0.337 e. The van der Waals surface area contributed by atoms with E-state index in [1.807, 2.05) is 36.4 Å². The largest absolute Gasteiger partial charge is 0.493 e. The lowest BCUT2D eigenvalue weighted by Gasteiger charge is -2.28. The van der Waals surface area contributed by atoms with Crippen LogP contribution in [0.3, 0.4) is 0 Å². The number of benzene rings is 2. The number of nitrogens with one attached hydrogen (secondary N) is 2. The molecule has 8 heteroatoms. The number of rotatable bonds is 6. The molecule has 1 heterocycles. The number of allylic oxidation sites excluding steroid dienone is 1. The van der Waals surface area contributed by atoms with Crippen LogP contribution in [0.1, 0.15) is 24.1 Å². The lowest BCUT2D eigenvalue weighted by Crippen LogP contribution is -2.45. The van der Waals surface area contributed by atoms with Crippen LogP contribution >= 0.6 is 22.6 Å². The Labute approximate surface area is 182 Å². The van der Waals surface area contributed by atoms with Crippen molar-refractivity contribution in [2.45, 2.75) is 19.6 Å². The fraction of sp³-hybridized carbons (Fsp3) is 0.238. The lowest BCUT2D eigenvalue weighted by atomic mass is 9.95. The molecule has 0 fully saturated rings. The zero-order valence-corrected chi connectivity index (χ0v) is 18.4. The van der Waals surface area contributed by atoms with E-state index in [9.17, 15) is 9.59 Å². The summed E-state index contributed by atoms with van der Waals surface area (Å²) >= 11 is 2.15. The monoisotopic (exact) mass is 508 g/mol. The third-order valence-corrected chi connectivity index (χ3v) is 5.29. The molecule has 2 N–H and O–H groups in total. The number of hydrogen-bond acceptors (Lipinski definition) is 5. The number of amides is 2. The van der Waals surface area contributed by atoms with Gasteiger partial charge < -0.3 is 24.8 Å². The van der Waals surface area contributed by atoms with Gasteiger partial charge in [0.1, 0.15) is 6.61 Å². The molecular weight excluding hydrogens is 487 g/mol. The molecule has 1 atom stereocenters. The van der Waals surface area contributed by atoms with Gasteiger partial charge in [0.05, 0.1) is 29.4 Å². The Morgan fingerprint density at radius 1 is 1.17 bits per heavy atom. The molecule has 0 bridgehead atoms. The van der Waals surface area contributed by atoms with Crippen LogP contribution in [0.2, 0.25) is 0 Å². The van der Waals surface area contributed by atoms with Crippen LogP contribution in [0.5, 0.6) is 11.5 Å². The minimum Gasteiger partial charge on any atom is -0.493 e. The van der Waals surface area contributed by atoms with E-state index in [-0.39, 0.29) is 0 Å². The highest BCUT2D eigenvalue weighted by Gasteiger charge is 2.33. The highest BCUT2D eigenvalue weighted by Crippen LogP contribution is 2.38. The standard InChI is InChI=1S/C21H21IN2O5/c1-12-17(20(25)28-3)18(24-21(26)23-12)14-9-15(22)19(16(10-14)27-2)29-11-13-7-5-4-6-8-13/h4-10,18H,11H2,1-3H3,(H2,23,24,26). The maximum atomic E-state index is 12.3. The Bertz CT molecular complexity index is 959. The van der Waals surface area contributed by atoms with E-state index in [2.05, 4.69) is 33.2 Å².